The molecule has 182 valence electrons. The summed E-state index contributed by atoms with van der Waals surface area (Å²) in [6, 6.07) is 16.8. The molecule has 2 aromatic carbocycles. The van der Waals surface area contributed by atoms with E-state index in [1.165, 1.54) is 0 Å². The number of hydrogen-bond donors (Lipinski definition) is 2. The van der Waals surface area contributed by atoms with Gasteiger partial charge in [-0.05, 0) is 47.2 Å². The molecule has 7 nitrogen and oxygen atoms in total. The van der Waals surface area contributed by atoms with Crippen LogP contribution >= 0.6 is 0 Å². The molecule has 7 heteroatoms. The predicted octanol–water partition coefficient (Wildman–Crippen LogP) is 3.34. The first-order valence-corrected chi connectivity index (χ1v) is 12.2. The molecule has 0 aliphatic carbocycles. The number of nitrogens with one attached hydrogen (secondary N) is 2. The van der Waals surface area contributed by atoms with Gasteiger partial charge in [0.05, 0.1) is 6.42 Å². The molecule has 1 fully saturated rings. The Morgan fingerprint density at radius 1 is 0.971 bits per heavy atom. The third kappa shape index (κ3) is 6.23. The molecule has 0 bridgehead atoms. The highest BCUT2D eigenvalue weighted by atomic mass is 16.2. The van der Waals surface area contributed by atoms with E-state index in [1.807, 2.05) is 61.2 Å². The van der Waals surface area contributed by atoms with Crippen molar-refractivity contribution in [1.82, 2.24) is 20.5 Å². The largest absolute Gasteiger partial charge is 0.351 e. The highest BCUT2D eigenvalue weighted by Crippen LogP contribution is 2.17. The second-order valence-corrected chi connectivity index (χ2v) is 9.46. The first-order valence-electron chi connectivity index (χ1n) is 12.2. The molecule has 3 aromatic rings. The first kappa shape index (κ1) is 24.4. The van der Waals surface area contributed by atoms with Crippen LogP contribution in [0.25, 0.3) is 10.8 Å². The number of hydrogen-bond acceptors (Lipinski definition) is 4. The lowest BCUT2D eigenvalue weighted by Crippen LogP contribution is -2.54. The van der Waals surface area contributed by atoms with Crippen molar-refractivity contribution in [3.63, 3.8) is 0 Å². The van der Waals surface area contributed by atoms with Gasteiger partial charge < -0.3 is 15.5 Å². The lowest BCUT2D eigenvalue weighted by Gasteiger charge is -2.33. The molecule has 0 saturated carbocycles. The van der Waals surface area contributed by atoms with E-state index in [2.05, 4.69) is 15.6 Å². The fourth-order valence-electron chi connectivity index (χ4n) is 4.49. The second-order valence-electron chi connectivity index (χ2n) is 9.46. The molecule has 0 spiro atoms. The van der Waals surface area contributed by atoms with Crippen molar-refractivity contribution in [2.45, 2.75) is 45.2 Å². The number of aromatic nitrogens is 1. The summed E-state index contributed by atoms with van der Waals surface area (Å²) < 4.78 is 0. The summed E-state index contributed by atoms with van der Waals surface area (Å²) in [7, 11) is 0. The average Bonchev–Trinajstić information content (AvgIpc) is 2.87. The van der Waals surface area contributed by atoms with Crippen molar-refractivity contribution in [2.24, 2.45) is 5.92 Å². The second kappa shape index (κ2) is 11.1. The minimum absolute atomic E-state index is 0.0156. The van der Waals surface area contributed by atoms with E-state index in [1.54, 1.807) is 24.5 Å². The Kier molecular flexibility index (Phi) is 7.75. The van der Waals surface area contributed by atoms with E-state index in [-0.39, 0.29) is 36.1 Å². The number of piperidine rings is 1. The summed E-state index contributed by atoms with van der Waals surface area (Å²) in [6.07, 6.45) is 4.80. The van der Waals surface area contributed by atoms with Gasteiger partial charge in [0.1, 0.15) is 6.04 Å². The molecule has 2 heterocycles. The molecule has 0 radical (unpaired) electrons. The number of benzene rings is 2. The summed E-state index contributed by atoms with van der Waals surface area (Å²) in [6.45, 7) is 5.01. The SMILES string of the molecule is CC(C)C(NC(=O)Cc1ccc2ccccc2c1)C(=O)NC1CCN(C(=O)c2ccncc2)CC1. The van der Waals surface area contributed by atoms with Gasteiger partial charge in [0.2, 0.25) is 11.8 Å². The van der Waals surface area contributed by atoms with Crippen LogP contribution in [0.2, 0.25) is 0 Å². The number of amides is 3. The number of likely N-dealkylation sites (tertiary alicyclic amines) is 1. The molecule has 1 unspecified atom stereocenters. The third-order valence-electron chi connectivity index (χ3n) is 6.50. The topological polar surface area (TPSA) is 91.4 Å². The monoisotopic (exact) mass is 472 g/mol. The van der Waals surface area contributed by atoms with Crippen molar-refractivity contribution in [1.29, 1.82) is 0 Å². The quantitative estimate of drug-likeness (QED) is 0.552. The first-order chi connectivity index (χ1) is 16.9. The molecule has 1 aliphatic heterocycles. The third-order valence-corrected chi connectivity index (χ3v) is 6.50. The predicted molar refractivity (Wildman–Crippen MR) is 136 cm³/mol. The van der Waals surface area contributed by atoms with Gasteiger partial charge in [-0.1, -0.05) is 56.3 Å². The minimum Gasteiger partial charge on any atom is -0.351 e. The Labute approximate surface area is 205 Å². The fraction of sp³-hybridized carbons (Fsp3) is 0.357. The standard InChI is InChI=1S/C28H32N4O3/c1-19(2)26(31-25(33)18-20-7-8-21-5-3-4-6-23(21)17-20)27(34)30-24-11-15-32(16-12-24)28(35)22-9-13-29-14-10-22/h3-10,13-14,17,19,24,26H,11-12,15-16,18H2,1-2H3,(H,30,34)(H,31,33). The van der Waals surface area contributed by atoms with Crippen LogP contribution in [-0.2, 0) is 16.0 Å². The smallest absolute Gasteiger partial charge is 0.253 e. The van der Waals surface area contributed by atoms with Crippen LogP contribution < -0.4 is 10.6 Å². The van der Waals surface area contributed by atoms with Crippen molar-refractivity contribution in [3.8, 4) is 0 Å². The summed E-state index contributed by atoms with van der Waals surface area (Å²) in [5.74, 6) is -0.417. The molecule has 3 amide bonds. The molecule has 1 saturated heterocycles. The fourth-order valence-corrected chi connectivity index (χ4v) is 4.49. The van der Waals surface area contributed by atoms with Crippen LogP contribution in [0.15, 0.2) is 67.0 Å². The zero-order chi connectivity index (χ0) is 24.8. The summed E-state index contributed by atoms with van der Waals surface area (Å²) in [4.78, 5) is 44.2. The van der Waals surface area contributed by atoms with Crippen molar-refractivity contribution < 1.29 is 14.4 Å². The average molecular weight is 473 g/mol. The maximum atomic E-state index is 13.0. The molecule has 1 aliphatic rings. The zero-order valence-electron chi connectivity index (χ0n) is 20.2. The number of carbonyl (C=O) groups excluding carboxylic acids is 3. The van der Waals surface area contributed by atoms with Gasteiger partial charge in [-0.3, -0.25) is 19.4 Å². The zero-order valence-corrected chi connectivity index (χ0v) is 20.2. The lowest BCUT2D eigenvalue weighted by molar-refractivity contribution is -0.130. The van der Waals surface area contributed by atoms with E-state index in [0.29, 0.717) is 31.5 Å². The van der Waals surface area contributed by atoms with Gasteiger partial charge in [0, 0.05) is 37.1 Å². The van der Waals surface area contributed by atoms with E-state index in [9.17, 15) is 14.4 Å². The maximum absolute atomic E-state index is 13.0. The van der Waals surface area contributed by atoms with Crippen molar-refractivity contribution in [2.75, 3.05) is 13.1 Å². The van der Waals surface area contributed by atoms with Crippen LogP contribution in [0.5, 0.6) is 0 Å². The molecule has 1 atom stereocenters. The van der Waals surface area contributed by atoms with Crippen molar-refractivity contribution in [3.05, 3.63) is 78.1 Å². The molecular formula is C28H32N4O3. The Hall–Kier alpha value is -3.74. The maximum Gasteiger partial charge on any atom is 0.253 e. The number of carbonyl (C=O) groups is 3. The van der Waals surface area contributed by atoms with E-state index < -0.39 is 6.04 Å². The van der Waals surface area contributed by atoms with E-state index >= 15 is 0 Å². The van der Waals surface area contributed by atoms with Crippen molar-refractivity contribution >= 4 is 28.5 Å². The van der Waals surface area contributed by atoms with Gasteiger partial charge in [-0.15, -0.1) is 0 Å². The lowest BCUT2D eigenvalue weighted by atomic mass is 9.99. The van der Waals surface area contributed by atoms with Gasteiger partial charge in [-0.25, -0.2) is 0 Å². The number of nitrogens with zero attached hydrogens (tertiary/aromatic N) is 2. The Balaban J connectivity index is 1.29. The Morgan fingerprint density at radius 2 is 1.66 bits per heavy atom. The van der Waals surface area contributed by atoms with E-state index in [4.69, 9.17) is 0 Å². The molecule has 35 heavy (non-hydrogen) atoms. The highest BCUT2D eigenvalue weighted by Gasteiger charge is 2.29. The number of pyridine rings is 1. The minimum atomic E-state index is -0.612. The van der Waals surface area contributed by atoms with Crippen LogP contribution in [0.4, 0.5) is 0 Å². The molecule has 4 rings (SSSR count). The summed E-state index contributed by atoms with van der Waals surface area (Å²) in [5, 5.41) is 8.24. The molecular weight excluding hydrogens is 440 g/mol. The molecule has 2 N–H and O–H groups in total. The van der Waals surface area contributed by atoms with Gasteiger partial charge >= 0.3 is 0 Å². The number of rotatable bonds is 7. The summed E-state index contributed by atoms with van der Waals surface area (Å²) >= 11 is 0. The van der Waals surface area contributed by atoms with Gasteiger partial charge in [-0.2, -0.15) is 0 Å². The number of fused-ring (bicyclic) bond motifs is 1. The van der Waals surface area contributed by atoms with Crippen LogP contribution in [0, 0.1) is 5.92 Å². The normalized spacial score (nSPS) is 15.1. The van der Waals surface area contributed by atoms with Crippen LogP contribution in [0.1, 0.15) is 42.6 Å². The van der Waals surface area contributed by atoms with Gasteiger partial charge in [0.25, 0.3) is 5.91 Å². The summed E-state index contributed by atoms with van der Waals surface area (Å²) in [5.41, 5.74) is 1.53. The van der Waals surface area contributed by atoms with Crippen LogP contribution in [-0.4, -0.2) is 52.8 Å². The molecule has 1 aromatic heterocycles. The van der Waals surface area contributed by atoms with Gasteiger partial charge in [0.15, 0.2) is 0 Å². The Morgan fingerprint density at radius 3 is 2.34 bits per heavy atom. The Bertz CT molecular complexity index is 1190. The van der Waals surface area contributed by atoms with E-state index in [0.717, 1.165) is 16.3 Å². The van der Waals surface area contributed by atoms with Crippen LogP contribution in [0.3, 0.4) is 0 Å². The highest BCUT2D eigenvalue weighted by molar-refractivity contribution is 5.94.